The molecule has 1 saturated heterocycles. The summed E-state index contributed by atoms with van der Waals surface area (Å²) in [5.41, 5.74) is 0. The molecule has 0 aromatic heterocycles. The van der Waals surface area contributed by atoms with Gasteiger partial charge in [0.15, 0.2) is 6.29 Å². The van der Waals surface area contributed by atoms with Gasteiger partial charge in [-0.2, -0.15) is 0 Å². The summed E-state index contributed by atoms with van der Waals surface area (Å²) in [7, 11) is 0. The Morgan fingerprint density at radius 2 is 2.28 bits per heavy atom. The van der Waals surface area contributed by atoms with Crippen molar-refractivity contribution < 1.29 is 19.0 Å². The van der Waals surface area contributed by atoms with Gasteiger partial charge in [0, 0.05) is 12.7 Å². The average molecular weight is 254 g/mol. The van der Waals surface area contributed by atoms with Crippen molar-refractivity contribution in [1.29, 1.82) is 0 Å². The third-order valence-corrected chi connectivity index (χ3v) is 2.49. The first-order valence-electron chi connectivity index (χ1n) is 6.56. The van der Waals surface area contributed by atoms with E-state index in [4.69, 9.17) is 14.2 Å². The normalized spacial score (nSPS) is 20.6. The predicted octanol–water partition coefficient (Wildman–Crippen LogP) is 2.60. The van der Waals surface area contributed by atoms with Gasteiger partial charge in [0.1, 0.15) is 0 Å². The summed E-state index contributed by atoms with van der Waals surface area (Å²) in [5, 5.41) is 0. The van der Waals surface area contributed by atoms with Crippen LogP contribution in [0, 0.1) is 0 Å². The standard InChI is InChI=1S/C14H22O4/c1-2-16-13(15)9-5-3-4-7-11-17-14-10-6-8-12-18-14/h3-5,9,14H,2,6-8,10-12H2,1H3/b4-3+,9-5+. The first-order valence-corrected chi connectivity index (χ1v) is 6.56. The van der Waals surface area contributed by atoms with Crippen LogP contribution < -0.4 is 0 Å². The number of ether oxygens (including phenoxy) is 3. The van der Waals surface area contributed by atoms with E-state index in [1.54, 1.807) is 13.0 Å². The summed E-state index contributed by atoms with van der Waals surface area (Å²) in [5.74, 6) is -0.311. The van der Waals surface area contributed by atoms with Crippen LogP contribution in [-0.2, 0) is 19.0 Å². The Morgan fingerprint density at radius 3 is 3.00 bits per heavy atom. The van der Waals surface area contributed by atoms with Gasteiger partial charge in [-0.3, -0.25) is 0 Å². The molecule has 0 saturated carbocycles. The molecule has 1 rings (SSSR count). The number of hydrogen-bond donors (Lipinski definition) is 0. The summed E-state index contributed by atoms with van der Waals surface area (Å²) >= 11 is 0. The topological polar surface area (TPSA) is 44.8 Å². The summed E-state index contributed by atoms with van der Waals surface area (Å²) in [4.78, 5) is 11.0. The number of esters is 1. The Hall–Kier alpha value is -1.13. The zero-order chi connectivity index (χ0) is 13.1. The Morgan fingerprint density at radius 1 is 1.39 bits per heavy atom. The van der Waals surface area contributed by atoms with Crippen molar-refractivity contribution in [2.24, 2.45) is 0 Å². The number of carbonyl (C=O) groups is 1. The molecule has 1 atom stereocenters. The van der Waals surface area contributed by atoms with Crippen LogP contribution in [0.2, 0.25) is 0 Å². The molecular formula is C14H22O4. The summed E-state index contributed by atoms with van der Waals surface area (Å²) in [6.07, 6.45) is 11.0. The SMILES string of the molecule is CCOC(=O)/C=C/C=C/CCOC1CCCCO1. The molecule has 0 spiro atoms. The van der Waals surface area contributed by atoms with Crippen molar-refractivity contribution in [1.82, 2.24) is 0 Å². The second kappa shape index (κ2) is 9.85. The lowest BCUT2D eigenvalue weighted by Crippen LogP contribution is -2.22. The van der Waals surface area contributed by atoms with E-state index in [0.717, 1.165) is 25.9 Å². The van der Waals surface area contributed by atoms with Crippen LogP contribution in [0.25, 0.3) is 0 Å². The molecule has 0 bridgehead atoms. The maximum atomic E-state index is 11.0. The van der Waals surface area contributed by atoms with Gasteiger partial charge < -0.3 is 14.2 Å². The number of rotatable bonds is 7. The second-order valence-electron chi connectivity index (χ2n) is 3.99. The molecule has 0 aliphatic carbocycles. The van der Waals surface area contributed by atoms with Crippen molar-refractivity contribution in [3.8, 4) is 0 Å². The smallest absolute Gasteiger partial charge is 0.330 e. The van der Waals surface area contributed by atoms with Crippen LogP contribution >= 0.6 is 0 Å². The minimum absolute atomic E-state index is 0.0257. The summed E-state index contributed by atoms with van der Waals surface area (Å²) in [6, 6.07) is 0. The molecule has 0 amide bonds. The number of carbonyl (C=O) groups excluding carboxylic acids is 1. The molecule has 0 aromatic carbocycles. The Kier molecular flexibility index (Phi) is 8.17. The van der Waals surface area contributed by atoms with Crippen LogP contribution in [0.15, 0.2) is 24.3 Å². The van der Waals surface area contributed by atoms with Gasteiger partial charge in [0.05, 0.1) is 13.2 Å². The van der Waals surface area contributed by atoms with Gasteiger partial charge >= 0.3 is 5.97 Å². The molecule has 1 unspecified atom stereocenters. The van der Waals surface area contributed by atoms with Crippen molar-refractivity contribution >= 4 is 5.97 Å². The third kappa shape index (κ3) is 7.25. The molecule has 0 aromatic rings. The Labute approximate surface area is 109 Å². The van der Waals surface area contributed by atoms with Gasteiger partial charge in [-0.05, 0) is 32.6 Å². The lowest BCUT2D eigenvalue weighted by molar-refractivity contribution is -0.161. The largest absolute Gasteiger partial charge is 0.463 e. The molecule has 1 aliphatic rings. The fraction of sp³-hybridized carbons (Fsp3) is 0.643. The van der Waals surface area contributed by atoms with E-state index in [2.05, 4.69) is 0 Å². The van der Waals surface area contributed by atoms with Gasteiger partial charge in [0.25, 0.3) is 0 Å². The number of hydrogen-bond acceptors (Lipinski definition) is 4. The molecular weight excluding hydrogens is 232 g/mol. The molecule has 102 valence electrons. The highest BCUT2D eigenvalue weighted by atomic mass is 16.7. The lowest BCUT2D eigenvalue weighted by Gasteiger charge is -2.22. The minimum Gasteiger partial charge on any atom is -0.463 e. The van der Waals surface area contributed by atoms with Crippen molar-refractivity contribution in [3.05, 3.63) is 24.3 Å². The van der Waals surface area contributed by atoms with Gasteiger partial charge in [-0.25, -0.2) is 4.79 Å². The Balaban J connectivity index is 2.01. The van der Waals surface area contributed by atoms with Gasteiger partial charge in [0.2, 0.25) is 0 Å². The highest BCUT2D eigenvalue weighted by Crippen LogP contribution is 2.13. The molecule has 1 heterocycles. The maximum absolute atomic E-state index is 11.0. The van der Waals surface area contributed by atoms with Crippen LogP contribution in [0.3, 0.4) is 0 Å². The minimum atomic E-state index is -0.311. The average Bonchev–Trinajstić information content (AvgIpc) is 2.39. The quantitative estimate of drug-likeness (QED) is 0.303. The monoisotopic (exact) mass is 254 g/mol. The first kappa shape index (κ1) is 14.9. The fourth-order valence-corrected chi connectivity index (χ4v) is 1.61. The van der Waals surface area contributed by atoms with E-state index in [1.807, 2.05) is 12.2 Å². The highest BCUT2D eigenvalue weighted by Gasteiger charge is 2.12. The van der Waals surface area contributed by atoms with Gasteiger partial charge in [-0.15, -0.1) is 0 Å². The van der Waals surface area contributed by atoms with Crippen LogP contribution in [0.1, 0.15) is 32.6 Å². The van der Waals surface area contributed by atoms with E-state index < -0.39 is 0 Å². The molecule has 4 heteroatoms. The van der Waals surface area contributed by atoms with Crippen molar-refractivity contribution in [2.45, 2.75) is 38.9 Å². The summed E-state index contributed by atoms with van der Waals surface area (Å²) in [6.45, 7) is 3.64. The molecule has 1 aliphatic heterocycles. The lowest BCUT2D eigenvalue weighted by atomic mass is 10.2. The third-order valence-electron chi connectivity index (χ3n) is 2.49. The van der Waals surface area contributed by atoms with Crippen molar-refractivity contribution in [3.63, 3.8) is 0 Å². The molecule has 0 N–H and O–H groups in total. The first-order chi connectivity index (χ1) is 8.83. The van der Waals surface area contributed by atoms with E-state index in [-0.39, 0.29) is 12.3 Å². The van der Waals surface area contributed by atoms with E-state index in [0.29, 0.717) is 13.2 Å². The van der Waals surface area contributed by atoms with Crippen molar-refractivity contribution in [2.75, 3.05) is 19.8 Å². The van der Waals surface area contributed by atoms with Crippen LogP contribution in [-0.4, -0.2) is 32.1 Å². The molecule has 1 fully saturated rings. The maximum Gasteiger partial charge on any atom is 0.330 e. The van der Waals surface area contributed by atoms with E-state index in [9.17, 15) is 4.79 Å². The zero-order valence-corrected chi connectivity index (χ0v) is 11.0. The van der Waals surface area contributed by atoms with Gasteiger partial charge in [-0.1, -0.05) is 18.2 Å². The van der Waals surface area contributed by atoms with E-state index >= 15 is 0 Å². The molecule has 4 nitrogen and oxygen atoms in total. The number of allylic oxidation sites excluding steroid dienone is 2. The summed E-state index contributed by atoms with van der Waals surface area (Å²) < 4.78 is 15.8. The highest BCUT2D eigenvalue weighted by molar-refractivity contribution is 5.82. The molecule has 18 heavy (non-hydrogen) atoms. The van der Waals surface area contributed by atoms with Crippen LogP contribution in [0.5, 0.6) is 0 Å². The predicted molar refractivity (Wildman–Crippen MR) is 69.1 cm³/mol. The van der Waals surface area contributed by atoms with E-state index in [1.165, 1.54) is 12.5 Å². The fourth-order valence-electron chi connectivity index (χ4n) is 1.61. The second-order valence-corrected chi connectivity index (χ2v) is 3.99. The Bertz CT molecular complexity index is 278. The zero-order valence-electron chi connectivity index (χ0n) is 11.0. The van der Waals surface area contributed by atoms with Crippen LogP contribution in [0.4, 0.5) is 0 Å². The molecule has 0 radical (unpaired) electrons.